The summed E-state index contributed by atoms with van der Waals surface area (Å²) in [6.07, 6.45) is 0. The number of esters is 1. The van der Waals surface area contributed by atoms with Crippen LogP contribution in [0.4, 0.5) is 10.1 Å². The van der Waals surface area contributed by atoms with Gasteiger partial charge in [0, 0.05) is 15.7 Å². The lowest BCUT2D eigenvalue weighted by Crippen LogP contribution is -2.12. The molecule has 1 amide bonds. The van der Waals surface area contributed by atoms with Gasteiger partial charge in [-0.05, 0) is 70.5 Å². The fraction of sp³-hybridized carbons (Fsp3) is 0. The summed E-state index contributed by atoms with van der Waals surface area (Å²) < 4.78 is 18.7. The molecule has 0 saturated heterocycles. The molecule has 0 aliphatic carbocycles. The lowest BCUT2D eigenvalue weighted by atomic mass is 10.2. The molecule has 0 atom stereocenters. The normalized spacial score (nSPS) is 10.2. The minimum absolute atomic E-state index is 0.216. The number of benzene rings is 3. The molecule has 3 aromatic carbocycles. The Morgan fingerprint density at radius 3 is 2.27 bits per heavy atom. The number of amides is 1. The third-order valence-electron chi connectivity index (χ3n) is 3.51. The molecule has 3 aromatic rings. The summed E-state index contributed by atoms with van der Waals surface area (Å²) >= 11 is 3.13. The van der Waals surface area contributed by atoms with Crippen LogP contribution in [-0.2, 0) is 0 Å². The van der Waals surface area contributed by atoms with Gasteiger partial charge in [-0.15, -0.1) is 0 Å². The van der Waals surface area contributed by atoms with Gasteiger partial charge in [0.05, 0.1) is 5.56 Å². The van der Waals surface area contributed by atoms with Crippen LogP contribution in [-0.4, -0.2) is 11.9 Å². The number of halogens is 2. The Hall–Kier alpha value is -2.99. The van der Waals surface area contributed by atoms with Crippen molar-refractivity contribution in [1.29, 1.82) is 0 Å². The van der Waals surface area contributed by atoms with Crippen LogP contribution in [0.2, 0.25) is 0 Å². The van der Waals surface area contributed by atoms with Gasteiger partial charge in [0.1, 0.15) is 11.6 Å². The average molecular weight is 414 g/mol. The molecule has 0 aromatic heterocycles. The van der Waals surface area contributed by atoms with Crippen molar-refractivity contribution in [2.75, 3.05) is 5.32 Å². The standard InChI is InChI=1S/C20H13BrFNO3/c21-18-12-14(22)6-11-17(18)20(25)26-16-9-7-15(8-10-16)23-19(24)13-4-2-1-3-5-13/h1-12H,(H,23,24). The summed E-state index contributed by atoms with van der Waals surface area (Å²) in [5, 5.41) is 2.76. The largest absolute Gasteiger partial charge is 0.423 e. The van der Waals surface area contributed by atoms with Gasteiger partial charge in [0.15, 0.2) is 0 Å². The highest BCUT2D eigenvalue weighted by Crippen LogP contribution is 2.22. The van der Waals surface area contributed by atoms with Gasteiger partial charge in [-0.25, -0.2) is 9.18 Å². The van der Waals surface area contributed by atoms with Crippen LogP contribution in [0.3, 0.4) is 0 Å². The zero-order chi connectivity index (χ0) is 18.5. The number of ether oxygens (including phenoxy) is 1. The Labute approximate surface area is 157 Å². The smallest absolute Gasteiger partial charge is 0.344 e. The molecule has 4 nitrogen and oxygen atoms in total. The molecule has 0 fully saturated rings. The van der Waals surface area contributed by atoms with Gasteiger partial charge < -0.3 is 10.1 Å². The average Bonchev–Trinajstić information content (AvgIpc) is 2.64. The molecule has 1 N–H and O–H groups in total. The van der Waals surface area contributed by atoms with E-state index in [1.807, 2.05) is 6.07 Å². The van der Waals surface area contributed by atoms with E-state index in [0.717, 1.165) is 0 Å². The molecular weight excluding hydrogens is 401 g/mol. The second-order valence-electron chi connectivity index (χ2n) is 5.36. The highest BCUT2D eigenvalue weighted by molar-refractivity contribution is 9.10. The Morgan fingerprint density at radius 2 is 1.62 bits per heavy atom. The van der Waals surface area contributed by atoms with Crippen LogP contribution in [0.25, 0.3) is 0 Å². The summed E-state index contributed by atoms with van der Waals surface area (Å²) in [7, 11) is 0. The first-order valence-corrected chi connectivity index (χ1v) is 8.46. The van der Waals surface area contributed by atoms with E-state index in [4.69, 9.17) is 4.74 Å². The zero-order valence-electron chi connectivity index (χ0n) is 13.4. The number of carbonyl (C=O) groups excluding carboxylic acids is 2. The molecule has 0 spiro atoms. The number of anilines is 1. The van der Waals surface area contributed by atoms with Crippen LogP contribution < -0.4 is 10.1 Å². The van der Waals surface area contributed by atoms with E-state index in [1.165, 1.54) is 18.2 Å². The lowest BCUT2D eigenvalue weighted by molar-refractivity contribution is 0.0733. The SMILES string of the molecule is O=C(Nc1ccc(OC(=O)c2ccc(F)cc2Br)cc1)c1ccccc1. The van der Waals surface area contributed by atoms with Gasteiger partial charge >= 0.3 is 5.97 Å². The van der Waals surface area contributed by atoms with Gasteiger partial charge in [-0.3, -0.25) is 4.79 Å². The maximum atomic E-state index is 13.1. The molecule has 0 saturated carbocycles. The number of hydrogen-bond acceptors (Lipinski definition) is 3. The fourth-order valence-electron chi connectivity index (χ4n) is 2.22. The Bertz CT molecular complexity index is 943. The van der Waals surface area contributed by atoms with E-state index in [9.17, 15) is 14.0 Å². The third-order valence-corrected chi connectivity index (χ3v) is 4.17. The minimum Gasteiger partial charge on any atom is -0.423 e. The van der Waals surface area contributed by atoms with Gasteiger partial charge in [0.25, 0.3) is 5.91 Å². The zero-order valence-corrected chi connectivity index (χ0v) is 15.0. The molecule has 0 unspecified atom stereocenters. The van der Waals surface area contributed by atoms with Crippen molar-refractivity contribution in [3.05, 3.63) is 94.2 Å². The maximum Gasteiger partial charge on any atom is 0.344 e. The lowest BCUT2D eigenvalue weighted by Gasteiger charge is -2.08. The van der Waals surface area contributed by atoms with Crippen molar-refractivity contribution in [3.8, 4) is 5.75 Å². The fourth-order valence-corrected chi connectivity index (χ4v) is 2.73. The van der Waals surface area contributed by atoms with E-state index in [1.54, 1.807) is 48.5 Å². The van der Waals surface area contributed by atoms with Crippen molar-refractivity contribution >= 4 is 33.5 Å². The summed E-state index contributed by atoms with van der Waals surface area (Å²) in [6, 6.07) is 18.9. The topological polar surface area (TPSA) is 55.4 Å². The molecule has 130 valence electrons. The highest BCUT2D eigenvalue weighted by atomic mass is 79.9. The number of hydrogen-bond donors (Lipinski definition) is 1. The highest BCUT2D eigenvalue weighted by Gasteiger charge is 2.13. The Kier molecular flexibility index (Phi) is 5.43. The predicted molar refractivity (Wildman–Crippen MR) is 99.9 cm³/mol. The first kappa shape index (κ1) is 17.8. The first-order valence-electron chi connectivity index (χ1n) is 7.66. The van der Waals surface area contributed by atoms with Crippen molar-refractivity contribution in [2.45, 2.75) is 0 Å². The molecule has 6 heteroatoms. The minimum atomic E-state index is -0.613. The Balaban J connectivity index is 1.66. The van der Waals surface area contributed by atoms with Gasteiger partial charge in [0.2, 0.25) is 0 Å². The summed E-state index contributed by atoms with van der Waals surface area (Å²) in [4.78, 5) is 24.2. The third kappa shape index (κ3) is 4.34. The molecule has 0 radical (unpaired) electrons. The monoisotopic (exact) mass is 413 g/mol. The van der Waals surface area contributed by atoms with Crippen LogP contribution in [0.15, 0.2) is 77.3 Å². The molecule has 0 heterocycles. The van der Waals surface area contributed by atoms with Crippen LogP contribution in [0.5, 0.6) is 5.75 Å². The molecule has 26 heavy (non-hydrogen) atoms. The maximum absolute atomic E-state index is 13.1. The van der Waals surface area contributed by atoms with Crippen molar-refractivity contribution in [3.63, 3.8) is 0 Å². The number of nitrogens with one attached hydrogen (secondary N) is 1. The summed E-state index contributed by atoms with van der Waals surface area (Å²) in [5.41, 5.74) is 1.33. The summed E-state index contributed by atoms with van der Waals surface area (Å²) in [5.74, 6) is -0.987. The molecular formula is C20H13BrFNO3. The van der Waals surface area contributed by atoms with Crippen LogP contribution in [0, 0.1) is 5.82 Å². The molecule has 0 bridgehead atoms. The van der Waals surface area contributed by atoms with E-state index in [0.29, 0.717) is 21.5 Å². The number of carbonyl (C=O) groups is 2. The van der Waals surface area contributed by atoms with Gasteiger partial charge in [-0.2, -0.15) is 0 Å². The van der Waals surface area contributed by atoms with Crippen molar-refractivity contribution < 1.29 is 18.7 Å². The molecule has 0 aliphatic heterocycles. The van der Waals surface area contributed by atoms with E-state index in [-0.39, 0.29) is 11.5 Å². The predicted octanol–water partition coefficient (Wildman–Crippen LogP) is 5.06. The van der Waals surface area contributed by atoms with Crippen molar-refractivity contribution in [2.24, 2.45) is 0 Å². The van der Waals surface area contributed by atoms with Crippen LogP contribution >= 0.6 is 15.9 Å². The second kappa shape index (κ2) is 7.93. The van der Waals surface area contributed by atoms with Gasteiger partial charge in [-0.1, -0.05) is 18.2 Å². The number of rotatable bonds is 4. The van der Waals surface area contributed by atoms with E-state index < -0.39 is 11.8 Å². The van der Waals surface area contributed by atoms with Crippen molar-refractivity contribution in [1.82, 2.24) is 0 Å². The van der Waals surface area contributed by atoms with E-state index >= 15 is 0 Å². The quantitative estimate of drug-likeness (QED) is 0.480. The van der Waals surface area contributed by atoms with E-state index in [2.05, 4.69) is 21.2 Å². The molecule has 0 aliphatic rings. The molecule has 3 rings (SSSR count). The first-order chi connectivity index (χ1) is 12.5. The summed E-state index contributed by atoms with van der Waals surface area (Å²) in [6.45, 7) is 0. The second-order valence-corrected chi connectivity index (χ2v) is 6.21. The van der Waals surface area contributed by atoms with Crippen LogP contribution in [0.1, 0.15) is 20.7 Å². The Morgan fingerprint density at radius 1 is 0.923 bits per heavy atom.